The Hall–Kier alpha value is -0.150. The van der Waals surface area contributed by atoms with E-state index < -0.39 is 0 Å². The molecule has 2 heterocycles. The lowest BCUT2D eigenvalue weighted by Gasteiger charge is -2.46. The van der Waals surface area contributed by atoms with E-state index in [0.717, 1.165) is 13.1 Å². The minimum absolute atomic E-state index is 0.185. The van der Waals surface area contributed by atoms with Crippen molar-refractivity contribution < 1.29 is 4.39 Å². The zero-order valence-electron chi connectivity index (χ0n) is 9.84. The fourth-order valence-electron chi connectivity index (χ4n) is 2.96. The van der Waals surface area contributed by atoms with Crippen LogP contribution < -0.4 is 0 Å². The van der Waals surface area contributed by atoms with Crippen molar-refractivity contribution in [1.82, 2.24) is 9.80 Å². The highest BCUT2D eigenvalue weighted by atomic mass is 19.1. The van der Waals surface area contributed by atoms with Crippen LogP contribution in [0.15, 0.2) is 0 Å². The van der Waals surface area contributed by atoms with E-state index in [1.54, 1.807) is 0 Å². The molecule has 3 heteroatoms. The van der Waals surface area contributed by atoms with Crippen LogP contribution in [0.4, 0.5) is 4.39 Å². The van der Waals surface area contributed by atoms with Crippen LogP contribution in [0.25, 0.3) is 0 Å². The fraction of sp³-hybridized carbons (Fsp3) is 1.00. The molecule has 0 atom stereocenters. The standard InChI is InChI=1S/C12H23FN2/c1-14-7-2-12(3-8-14)4-9-15(10-5-12)11-6-13/h2-11H2,1H3. The Morgan fingerprint density at radius 3 is 2.07 bits per heavy atom. The van der Waals surface area contributed by atoms with Crippen molar-refractivity contribution in [2.45, 2.75) is 25.7 Å². The second kappa shape index (κ2) is 4.79. The van der Waals surface area contributed by atoms with Gasteiger partial charge in [0.05, 0.1) is 0 Å². The smallest absolute Gasteiger partial charge is 0.102 e. The van der Waals surface area contributed by atoms with E-state index in [1.807, 2.05) is 0 Å². The molecule has 2 saturated heterocycles. The fourth-order valence-corrected chi connectivity index (χ4v) is 2.96. The molecule has 15 heavy (non-hydrogen) atoms. The van der Waals surface area contributed by atoms with Crippen LogP contribution in [0.5, 0.6) is 0 Å². The number of likely N-dealkylation sites (tertiary alicyclic amines) is 2. The highest BCUT2D eigenvalue weighted by molar-refractivity contribution is 4.89. The molecule has 2 aliphatic rings. The van der Waals surface area contributed by atoms with Gasteiger partial charge in [-0.3, -0.25) is 0 Å². The highest BCUT2D eigenvalue weighted by Gasteiger charge is 2.36. The summed E-state index contributed by atoms with van der Waals surface area (Å²) in [6, 6.07) is 0. The molecule has 0 aromatic carbocycles. The molecule has 2 nitrogen and oxygen atoms in total. The lowest BCUT2D eigenvalue weighted by Crippen LogP contribution is -2.46. The topological polar surface area (TPSA) is 6.48 Å². The van der Waals surface area contributed by atoms with E-state index in [2.05, 4.69) is 16.8 Å². The Morgan fingerprint density at radius 1 is 1.00 bits per heavy atom. The van der Waals surface area contributed by atoms with Crippen molar-refractivity contribution in [3.05, 3.63) is 0 Å². The van der Waals surface area contributed by atoms with E-state index >= 15 is 0 Å². The van der Waals surface area contributed by atoms with Crippen molar-refractivity contribution in [1.29, 1.82) is 0 Å². The van der Waals surface area contributed by atoms with Crippen molar-refractivity contribution in [2.75, 3.05) is 46.4 Å². The molecule has 0 radical (unpaired) electrons. The lowest BCUT2D eigenvalue weighted by atomic mass is 9.71. The van der Waals surface area contributed by atoms with Crippen molar-refractivity contribution in [3.63, 3.8) is 0 Å². The molecule has 1 spiro atoms. The average molecular weight is 214 g/mol. The molecule has 0 bridgehead atoms. The van der Waals surface area contributed by atoms with Crippen molar-refractivity contribution >= 4 is 0 Å². The Balaban J connectivity index is 1.81. The Kier molecular flexibility index (Phi) is 3.62. The van der Waals surface area contributed by atoms with Crippen LogP contribution in [0.3, 0.4) is 0 Å². The van der Waals surface area contributed by atoms with E-state index in [4.69, 9.17) is 0 Å². The molecular weight excluding hydrogens is 191 g/mol. The maximum atomic E-state index is 12.2. The third-order valence-corrected chi connectivity index (χ3v) is 4.37. The van der Waals surface area contributed by atoms with E-state index in [0.29, 0.717) is 12.0 Å². The van der Waals surface area contributed by atoms with Gasteiger partial charge in [-0.05, 0) is 64.3 Å². The number of piperidine rings is 2. The molecule has 0 unspecified atom stereocenters. The molecule has 0 aliphatic carbocycles. The molecule has 0 amide bonds. The number of hydrogen-bond donors (Lipinski definition) is 0. The number of halogens is 1. The summed E-state index contributed by atoms with van der Waals surface area (Å²) in [6.45, 7) is 5.21. The largest absolute Gasteiger partial charge is 0.306 e. The highest BCUT2D eigenvalue weighted by Crippen LogP contribution is 2.40. The number of rotatable bonds is 2. The van der Waals surface area contributed by atoms with Gasteiger partial charge in [0.1, 0.15) is 6.67 Å². The molecule has 88 valence electrons. The van der Waals surface area contributed by atoms with Crippen molar-refractivity contribution in [3.8, 4) is 0 Å². The first-order valence-electron chi connectivity index (χ1n) is 6.21. The Morgan fingerprint density at radius 2 is 1.53 bits per heavy atom. The summed E-state index contributed by atoms with van der Waals surface area (Å²) in [5.41, 5.74) is 0.610. The third kappa shape index (κ3) is 2.70. The molecular formula is C12H23FN2. The van der Waals surface area contributed by atoms with Crippen molar-refractivity contribution in [2.24, 2.45) is 5.41 Å². The molecule has 0 aromatic rings. The van der Waals surface area contributed by atoms with Gasteiger partial charge < -0.3 is 9.80 Å². The third-order valence-electron chi connectivity index (χ3n) is 4.37. The summed E-state index contributed by atoms with van der Waals surface area (Å²) >= 11 is 0. The van der Waals surface area contributed by atoms with Gasteiger partial charge in [-0.25, -0.2) is 4.39 Å². The van der Waals surface area contributed by atoms with Gasteiger partial charge in [0, 0.05) is 6.54 Å². The molecule has 0 aromatic heterocycles. The molecule has 2 rings (SSSR count). The second-order valence-corrected chi connectivity index (χ2v) is 5.33. The van der Waals surface area contributed by atoms with Crippen LogP contribution in [-0.4, -0.2) is 56.2 Å². The first kappa shape index (κ1) is 11.3. The van der Waals surface area contributed by atoms with Gasteiger partial charge in [-0.15, -0.1) is 0 Å². The van der Waals surface area contributed by atoms with Crippen LogP contribution in [0, 0.1) is 5.41 Å². The summed E-state index contributed by atoms with van der Waals surface area (Å²) < 4.78 is 12.2. The summed E-state index contributed by atoms with van der Waals surface area (Å²) in [5, 5.41) is 0. The minimum Gasteiger partial charge on any atom is -0.306 e. The molecule has 2 fully saturated rings. The van der Waals surface area contributed by atoms with Gasteiger partial charge in [0.25, 0.3) is 0 Å². The lowest BCUT2D eigenvalue weighted by molar-refractivity contribution is 0.0409. The summed E-state index contributed by atoms with van der Waals surface area (Å²) in [6.07, 6.45) is 5.29. The summed E-state index contributed by atoms with van der Waals surface area (Å²) in [7, 11) is 2.21. The number of hydrogen-bond acceptors (Lipinski definition) is 2. The summed E-state index contributed by atoms with van der Waals surface area (Å²) in [5.74, 6) is 0. The Labute approximate surface area is 92.4 Å². The maximum Gasteiger partial charge on any atom is 0.102 e. The first-order valence-corrected chi connectivity index (χ1v) is 6.21. The molecule has 2 aliphatic heterocycles. The van der Waals surface area contributed by atoms with Gasteiger partial charge >= 0.3 is 0 Å². The Bertz CT molecular complexity index is 190. The number of alkyl halides is 1. The maximum absolute atomic E-state index is 12.2. The van der Waals surface area contributed by atoms with E-state index in [9.17, 15) is 4.39 Å². The molecule has 0 N–H and O–H groups in total. The predicted molar refractivity (Wildman–Crippen MR) is 60.8 cm³/mol. The quantitative estimate of drug-likeness (QED) is 0.691. The SMILES string of the molecule is CN1CCC2(CC1)CCN(CCF)CC2. The predicted octanol–water partition coefficient (Wildman–Crippen LogP) is 1.76. The van der Waals surface area contributed by atoms with Gasteiger partial charge in [-0.2, -0.15) is 0 Å². The van der Waals surface area contributed by atoms with Gasteiger partial charge in [-0.1, -0.05) is 0 Å². The normalized spacial score (nSPS) is 28.4. The zero-order chi connectivity index (χ0) is 10.7. The van der Waals surface area contributed by atoms with E-state index in [1.165, 1.54) is 38.8 Å². The van der Waals surface area contributed by atoms with Crippen LogP contribution in [0.1, 0.15) is 25.7 Å². The second-order valence-electron chi connectivity index (χ2n) is 5.33. The van der Waals surface area contributed by atoms with Gasteiger partial charge in [0.2, 0.25) is 0 Å². The zero-order valence-corrected chi connectivity index (χ0v) is 9.84. The van der Waals surface area contributed by atoms with Gasteiger partial charge in [0.15, 0.2) is 0 Å². The first-order chi connectivity index (χ1) is 7.24. The van der Waals surface area contributed by atoms with E-state index in [-0.39, 0.29) is 6.67 Å². The number of nitrogens with zero attached hydrogens (tertiary/aromatic N) is 2. The summed E-state index contributed by atoms with van der Waals surface area (Å²) in [4.78, 5) is 4.71. The molecule has 0 saturated carbocycles. The van der Waals surface area contributed by atoms with Crippen LogP contribution >= 0.6 is 0 Å². The monoisotopic (exact) mass is 214 g/mol. The minimum atomic E-state index is -0.185. The van der Waals surface area contributed by atoms with Crippen LogP contribution in [-0.2, 0) is 0 Å². The van der Waals surface area contributed by atoms with Crippen LogP contribution in [0.2, 0.25) is 0 Å². The average Bonchev–Trinajstić information content (AvgIpc) is 2.27.